The minimum absolute atomic E-state index is 0.171. The molecule has 2 heterocycles. The molecule has 1 aromatic carbocycles. The summed E-state index contributed by atoms with van der Waals surface area (Å²) in [5, 5.41) is 17.0. The van der Waals surface area contributed by atoms with Crippen molar-refractivity contribution in [3.8, 4) is 0 Å². The van der Waals surface area contributed by atoms with Gasteiger partial charge in [0.05, 0.1) is 5.56 Å². The third-order valence-corrected chi connectivity index (χ3v) is 3.93. The maximum Gasteiger partial charge on any atom is 0.255 e. The Balaban J connectivity index is 1.90. The molecule has 2 aromatic heterocycles. The third-order valence-electron chi connectivity index (χ3n) is 3.93. The van der Waals surface area contributed by atoms with Crippen LogP contribution in [0, 0.1) is 6.92 Å². The number of nitrogens with one attached hydrogen (secondary N) is 2. The van der Waals surface area contributed by atoms with Crippen LogP contribution in [0.4, 0.5) is 0 Å². The average molecular weight is 339 g/mol. The van der Waals surface area contributed by atoms with Gasteiger partial charge in [0, 0.05) is 5.41 Å². The van der Waals surface area contributed by atoms with Gasteiger partial charge in [0.15, 0.2) is 0 Å². The summed E-state index contributed by atoms with van der Waals surface area (Å²) in [4.78, 5) is 12.8. The van der Waals surface area contributed by atoms with E-state index in [0.717, 1.165) is 11.3 Å². The van der Waals surface area contributed by atoms with E-state index in [2.05, 4.69) is 25.9 Å². The van der Waals surface area contributed by atoms with Gasteiger partial charge in [-0.05, 0) is 18.6 Å². The van der Waals surface area contributed by atoms with E-state index >= 15 is 0 Å². The normalized spacial score (nSPS) is 12.8. The number of H-pyrrole nitrogens is 1. The number of nitrogens with zero attached hydrogens (tertiary/aromatic N) is 3. The van der Waals surface area contributed by atoms with Crippen LogP contribution in [0.5, 0.6) is 0 Å². The third kappa shape index (κ3) is 3.60. The Kier molecular flexibility index (Phi) is 4.39. The summed E-state index contributed by atoms with van der Waals surface area (Å²) < 4.78 is 5.77. The fraction of sp³-hybridized carbons (Fsp3) is 0.333. The van der Waals surface area contributed by atoms with Crippen LogP contribution >= 0.6 is 0 Å². The molecule has 0 saturated carbocycles. The van der Waals surface area contributed by atoms with Gasteiger partial charge >= 0.3 is 0 Å². The van der Waals surface area contributed by atoms with Gasteiger partial charge in [-0.1, -0.05) is 56.3 Å². The first kappa shape index (κ1) is 16.9. The highest BCUT2D eigenvalue weighted by atomic mass is 16.3. The molecule has 0 bridgehead atoms. The summed E-state index contributed by atoms with van der Waals surface area (Å²) in [6.07, 6.45) is 0. The van der Waals surface area contributed by atoms with E-state index < -0.39 is 6.04 Å². The highest BCUT2D eigenvalue weighted by Crippen LogP contribution is 2.27. The second-order valence-corrected chi connectivity index (χ2v) is 6.92. The molecule has 130 valence electrons. The molecule has 1 atom stereocenters. The zero-order valence-electron chi connectivity index (χ0n) is 14.7. The summed E-state index contributed by atoms with van der Waals surface area (Å²) in [5.74, 6) is 1.51. The number of furan rings is 1. The molecule has 3 aromatic rings. The van der Waals surface area contributed by atoms with E-state index in [1.54, 1.807) is 13.0 Å². The van der Waals surface area contributed by atoms with Crippen LogP contribution in [0.15, 0.2) is 40.8 Å². The molecule has 1 unspecified atom stereocenters. The van der Waals surface area contributed by atoms with Crippen LogP contribution in [0.2, 0.25) is 0 Å². The van der Waals surface area contributed by atoms with Crippen molar-refractivity contribution < 1.29 is 9.21 Å². The summed E-state index contributed by atoms with van der Waals surface area (Å²) in [5.41, 5.74) is 1.21. The van der Waals surface area contributed by atoms with E-state index in [1.807, 2.05) is 51.1 Å². The van der Waals surface area contributed by atoms with Gasteiger partial charge in [0.2, 0.25) is 5.82 Å². The Bertz CT molecular complexity index is 847. The van der Waals surface area contributed by atoms with Gasteiger partial charge in [0.25, 0.3) is 5.91 Å². The SMILES string of the molecule is Cc1oc(C(C)(C)C)cc1C(=O)NC(c1ccccc1)c1nn[nH]n1. The number of amides is 1. The van der Waals surface area contributed by atoms with Crippen LogP contribution in [0.25, 0.3) is 0 Å². The Labute approximate surface area is 145 Å². The zero-order valence-corrected chi connectivity index (χ0v) is 14.7. The molecule has 0 aliphatic heterocycles. The molecule has 0 fully saturated rings. The Hall–Kier alpha value is -2.96. The zero-order chi connectivity index (χ0) is 18.0. The number of aromatic nitrogens is 4. The van der Waals surface area contributed by atoms with Crippen molar-refractivity contribution in [3.63, 3.8) is 0 Å². The predicted octanol–water partition coefficient (Wildman–Crippen LogP) is 2.92. The lowest BCUT2D eigenvalue weighted by Crippen LogP contribution is -2.30. The van der Waals surface area contributed by atoms with Gasteiger partial charge in [-0.15, -0.1) is 10.2 Å². The smallest absolute Gasteiger partial charge is 0.255 e. The molecule has 25 heavy (non-hydrogen) atoms. The second-order valence-electron chi connectivity index (χ2n) is 6.92. The van der Waals surface area contributed by atoms with Crippen LogP contribution < -0.4 is 5.32 Å². The molecular formula is C18H21N5O2. The molecule has 0 saturated heterocycles. The fourth-order valence-corrected chi connectivity index (χ4v) is 2.52. The quantitative estimate of drug-likeness (QED) is 0.762. The first-order chi connectivity index (χ1) is 11.9. The van der Waals surface area contributed by atoms with E-state index in [1.165, 1.54) is 0 Å². The Morgan fingerprint density at radius 2 is 1.96 bits per heavy atom. The van der Waals surface area contributed by atoms with Crippen LogP contribution in [-0.4, -0.2) is 26.5 Å². The van der Waals surface area contributed by atoms with Crippen molar-refractivity contribution in [2.24, 2.45) is 0 Å². The minimum Gasteiger partial charge on any atom is -0.465 e. The number of carbonyl (C=O) groups excluding carboxylic acids is 1. The number of tetrazole rings is 1. The second kappa shape index (κ2) is 6.51. The van der Waals surface area contributed by atoms with Crippen molar-refractivity contribution in [1.29, 1.82) is 0 Å². The topological polar surface area (TPSA) is 96.7 Å². The van der Waals surface area contributed by atoms with Gasteiger partial charge in [0.1, 0.15) is 17.6 Å². The van der Waals surface area contributed by atoms with E-state index in [-0.39, 0.29) is 11.3 Å². The number of aromatic amines is 1. The summed E-state index contributed by atoms with van der Waals surface area (Å²) in [6.45, 7) is 7.91. The van der Waals surface area contributed by atoms with Gasteiger partial charge in [-0.2, -0.15) is 5.21 Å². The molecule has 0 spiro atoms. The first-order valence-electron chi connectivity index (χ1n) is 8.06. The lowest BCUT2D eigenvalue weighted by atomic mass is 9.93. The van der Waals surface area contributed by atoms with Crippen LogP contribution in [0.3, 0.4) is 0 Å². The van der Waals surface area contributed by atoms with E-state index in [4.69, 9.17) is 4.42 Å². The van der Waals surface area contributed by atoms with Crippen LogP contribution in [0.1, 0.15) is 60.1 Å². The summed E-state index contributed by atoms with van der Waals surface area (Å²) in [6, 6.07) is 10.8. The Morgan fingerprint density at radius 1 is 1.24 bits per heavy atom. The van der Waals surface area contributed by atoms with Crippen molar-refractivity contribution in [2.45, 2.75) is 39.2 Å². The van der Waals surface area contributed by atoms with Gasteiger partial charge in [-0.3, -0.25) is 4.79 Å². The first-order valence-corrected chi connectivity index (χ1v) is 8.06. The molecule has 0 aliphatic rings. The number of aryl methyl sites for hydroxylation is 1. The average Bonchev–Trinajstić information content (AvgIpc) is 3.22. The monoisotopic (exact) mass is 339 g/mol. The molecule has 7 nitrogen and oxygen atoms in total. The highest BCUT2D eigenvalue weighted by molar-refractivity contribution is 5.95. The molecule has 0 aliphatic carbocycles. The maximum absolute atomic E-state index is 12.8. The lowest BCUT2D eigenvalue weighted by molar-refractivity contribution is 0.0940. The summed E-state index contributed by atoms with van der Waals surface area (Å²) >= 11 is 0. The molecule has 1 amide bonds. The molecule has 7 heteroatoms. The minimum atomic E-state index is -0.500. The van der Waals surface area contributed by atoms with E-state index in [0.29, 0.717) is 17.1 Å². The molecule has 0 radical (unpaired) electrons. The van der Waals surface area contributed by atoms with E-state index in [9.17, 15) is 4.79 Å². The van der Waals surface area contributed by atoms with Gasteiger partial charge in [-0.25, -0.2) is 0 Å². The molecule has 2 N–H and O–H groups in total. The number of rotatable bonds is 4. The standard InChI is InChI=1S/C18H21N5O2/c1-11-13(10-14(25-11)18(2,3)4)17(24)19-15(16-20-22-23-21-16)12-8-6-5-7-9-12/h5-10,15H,1-4H3,(H,19,24)(H,20,21,22,23). The number of benzene rings is 1. The van der Waals surface area contributed by atoms with Crippen LogP contribution in [-0.2, 0) is 5.41 Å². The Morgan fingerprint density at radius 3 is 2.52 bits per heavy atom. The predicted molar refractivity (Wildman–Crippen MR) is 92.1 cm³/mol. The number of hydrogen-bond acceptors (Lipinski definition) is 5. The number of hydrogen-bond donors (Lipinski definition) is 2. The molecular weight excluding hydrogens is 318 g/mol. The highest BCUT2D eigenvalue weighted by Gasteiger charge is 2.26. The van der Waals surface area contributed by atoms with Crippen molar-refractivity contribution in [3.05, 3.63) is 64.9 Å². The van der Waals surface area contributed by atoms with Crippen molar-refractivity contribution in [2.75, 3.05) is 0 Å². The largest absolute Gasteiger partial charge is 0.465 e. The lowest BCUT2D eigenvalue weighted by Gasteiger charge is -2.15. The van der Waals surface area contributed by atoms with Crippen molar-refractivity contribution in [1.82, 2.24) is 25.9 Å². The number of carbonyl (C=O) groups is 1. The fourth-order valence-electron chi connectivity index (χ4n) is 2.52. The van der Waals surface area contributed by atoms with Gasteiger partial charge < -0.3 is 9.73 Å². The summed E-state index contributed by atoms with van der Waals surface area (Å²) in [7, 11) is 0. The molecule has 3 rings (SSSR count). The van der Waals surface area contributed by atoms with Crippen molar-refractivity contribution >= 4 is 5.91 Å². The maximum atomic E-state index is 12.8.